The first-order valence-electron chi connectivity index (χ1n) is 7.72. The predicted molar refractivity (Wildman–Crippen MR) is 100 cm³/mol. The maximum Gasteiger partial charge on any atom is 0.266 e. The van der Waals surface area contributed by atoms with Gasteiger partial charge in [-0.2, -0.15) is 0 Å². The maximum absolute atomic E-state index is 12.9. The number of rotatable bonds is 2. The van der Waals surface area contributed by atoms with Crippen LogP contribution in [0.25, 0.3) is 10.6 Å². The van der Waals surface area contributed by atoms with Crippen LogP contribution in [0.1, 0.15) is 28.9 Å². The monoisotopic (exact) mass is 386 g/mol. The topological polar surface area (TPSA) is 58.1 Å². The summed E-state index contributed by atoms with van der Waals surface area (Å²) in [6.07, 6.45) is 8.52. The number of pyridine rings is 1. The van der Waals surface area contributed by atoms with Crippen molar-refractivity contribution in [1.29, 1.82) is 0 Å². The molecule has 0 saturated carbocycles. The fourth-order valence-corrected chi connectivity index (χ4v) is 4.31. The first-order valence-corrected chi connectivity index (χ1v) is 8.54. The molecule has 2 bridgehead atoms. The van der Waals surface area contributed by atoms with Crippen LogP contribution < -0.4 is 5.32 Å². The minimum atomic E-state index is 0. The zero-order valence-electron chi connectivity index (χ0n) is 13.1. The molecule has 2 aromatic heterocycles. The third-order valence-corrected chi connectivity index (χ3v) is 5.57. The number of hydrogen-bond donors (Lipinski definition) is 1. The minimum absolute atomic E-state index is 0. The highest BCUT2D eigenvalue weighted by molar-refractivity contribution is 7.16. The van der Waals surface area contributed by atoms with Crippen LogP contribution in [0.3, 0.4) is 0 Å². The Morgan fingerprint density at radius 3 is 2.71 bits per heavy atom. The molecule has 1 amide bonds. The molecule has 24 heavy (non-hydrogen) atoms. The van der Waals surface area contributed by atoms with E-state index in [9.17, 15) is 4.79 Å². The number of hydrogen-bond acceptors (Lipinski definition) is 5. The second-order valence-corrected chi connectivity index (χ2v) is 6.89. The summed E-state index contributed by atoms with van der Waals surface area (Å²) in [5, 5.41) is 4.31. The number of thiazole rings is 1. The number of fused-ring (bicyclic) bond motifs is 2. The summed E-state index contributed by atoms with van der Waals surface area (Å²) in [5.74, 6) is 0.147. The molecule has 0 spiro atoms. The van der Waals surface area contributed by atoms with Gasteiger partial charge in [-0.15, -0.1) is 36.2 Å². The van der Waals surface area contributed by atoms with Crippen molar-refractivity contribution in [3.8, 4) is 10.6 Å². The summed E-state index contributed by atoms with van der Waals surface area (Å²) in [6, 6.07) is 4.57. The zero-order valence-corrected chi connectivity index (χ0v) is 15.5. The van der Waals surface area contributed by atoms with E-state index in [1.807, 2.05) is 12.1 Å². The van der Waals surface area contributed by atoms with Crippen molar-refractivity contribution in [1.82, 2.24) is 20.2 Å². The van der Waals surface area contributed by atoms with Crippen molar-refractivity contribution < 1.29 is 4.79 Å². The van der Waals surface area contributed by atoms with Crippen molar-refractivity contribution >= 4 is 42.1 Å². The summed E-state index contributed by atoms with van der Waals surface area (Å²) in [5.41, 5.74) is 1.01. The Kier molecular flexibility index (Phi) is 6.57. The molecular formula is C16H20Cl2N4OS. The molecule has 0 radical (unpaired) electrons. The summed E-state index contributed by atoms with van der Waals surface area (Å²) in [6.45, 7) is 1.92. The smallest absolute Gasteiger partial charge is 0.266 e. The number of nitrogens with zero attached hydrogens (tertiary/aromatic N) is 3. The fourth-order valence-electron chi connectivity index (χ4n) is 3.44. The number of amides is 1. The Bertz CT molecular complexity index is 668. The van der Waals surface area contributed by atoms with E-state index < -0.39 is 0 Å². The third kappa shape index (κ3) is 3.57. The average Bonchev–Trinajstić information content (AvgIpc) is 3.12. The van der Waals surface area contributed by atoms with E-state index >= 15 is 0 Å². The Labute approximate surface area is 157 Å². The predicted octanol–water partition coefficient (Wildman–Crippen LogP) is 3.02. The Morgan fingerprint density at radius 1 is 1.17 bits per heavy atom. The Morgan fingerprint density at radius 2 is 1.92 bits per heavy atom. The van der Waals surface area contributed by atoms with Crippen LogP contribution >= 0.6 is 36.2 Å². The van der Waals surface area contributed by atoms with E-state index in [4.69, 9.17) is 0 Å². The summed E-state index contributed by atoms with van der Waals surface area (Å²) in [7, 11) is 0. The van der Waals surface area contributed by atoms with Gasteiger partial charge < -0.3 is 10.2 Å². The fraction of sp³-hybridized carbons (Fsp3) is 0.438. The standard InChI is InChI=1S/C16H18N4OS.2ClH/c21-16(20-12-1-2-13(20)9-18-8-5-12)14-10-19-15(22-14)11-3-6-17-7-4-11;;/h3-4,6-7,10,12-13,18H,1-2,5,8-9H2;2*1H. The van der Waals surface area contributed by atoms with Gasteiger partial charge >= 0.3 is 0 Å². The Balaban J connectivity index is 0.00000104. The van der Waals surface area contributed by atoms with Gasteiger partial charge in [0.2, 0.25) is 0 Å². The molecule has 8 heteroatoms. The molecule has 2 aromatic rings. The van der Waals surface area contributed by atoms with Gasteiger partial charge in [-0.3, -0.25) is 9.78 Å². The molecule has 4 rings (SSSR count). The van der Waals surface area contributed by atoms with Crippen molar-refractivity contribution in [2.45, 2.75) is 31.3 Å². The number of nitrogens with one attached hydrogen (secondary N) is 1. The minimum Gasteiger partial charge on any atom is -0.331 e. The van der Waals surface area contributed by atoms with E-state index in [0.717, 1.165) is 47.8 Å². The molecule has 2 aliphatic rings. The van der Waals surface area contributed by atoms with Crippen LogP contribution in [0, 0.1) is 0 Å². The van der Waals surface area contributed by atoms with E-state index in [0.29, 0.717) is 12.1 Å². The van der Waals surface area contributed by atoms with Crippen molar-refractivity contribution in [2.75, 3.05) is 13.1 Å². The van der Waals surface area contributed by atoms with Gasteiger partial charge in [-0.25, -0.2) is 4.98 Å². The summed E-state index contributed by atoms with van der Waals surface area (Å²) < 4.78 is 0. The molecule has 2 fully saturated rings. The second-order valence-electron chi connectivity index (χ2n) is 5.86. The summed E-state index contributed by atoms with van der Waals surface area (Å²) >= 11 is 1.48. The molecule has 0 aliphatic carbocycles. The largest absolute Gasteiger partial charge is 0.331 e. The highest BCUT2D eigenvalue weighted by atomic mass is 35.5. The molecule has 5 nitrogen and oxygen atoms in total. The molecule has 2 aliphatic heterocycles. The first-order chi connectivity index (χ1) is 10.8. The van der Waals surface area contributed by atoms with Crippen LogP contribution in [0.5, 0.6) is 0 Å². The maximum atomic E-state index is 12.9. The van der Waals surface area contributed by atoms with Gasteiger partial charge in [0, 0.05) is 36.6 Å². The van der Waals surface area contributed by atoms with Crippen molar-refractivity contribution in [3.63, 3.8) is 0 Å². The lowest BCUT2D eigenvalue weighted by atomic mass is 10.1. The molecule has 4 heterocycles. The normalized spacial score (nSPS) is 22.2. The number of carbonyl (C=O) groups is 1. The quantitative estimate of drug-likeness (QED) is 0.861. The summed E-state index contributed by atoms with van der Waals surface area (Å²) in [4.78, 5) is 24.2. The highest BCUT2D eigenvalue weighted by Gasteiger charge is 2.38. The van der Waals surface area contributed by atoms with Gasteiger partial charge in [0.25, 0.3) is 5.91 Å². The molecule has 130 valence electrons. The van der Waals surface area contributed by atoms with E-state index in [1.165, 1.54) is 11.3 Å². The van der Waals surface area contributed by atoms with E-state index in [-0.39, 0.29) is 30.7 Å². The number of carbonyl (C=O) groups excluding carboxylic acids is 1. The first kappa shape index (κ1) is 19.1. The highest BCUT2D eigenvalue weighted by Crippen LogP contribution is 2.32. The van der Waals surface area contributed by atoms with Gasteiger partial charge in [0.05, 0.1) is 6.20 Å². The lowest BCUT2D eigenvalue weighted by Gasteiger charge is -2.27. The van der Waals surface area contributed by atoms with Crippen LogP contribution in [-0.4, -0.2) is 45.9 Å². The third-order valence-electron chi connectivity index (χ3n) is 4.53. The Hall–Kier alpha value is -1.21. The number of aromatic nitrogens is 2. The molecule has 2 unspecified atom stereocenters. The molecular weight excluding hydrogens is 367 g/mol. The average molecular weight is 387 g/mol. The number of halogens is 2. The zero-order chi connectivity index (χ0) is 14.9. The lowest BCUT2D eigenvalue weighted by Crippen LogP contribution is -2.42. The van der Waals surface area contributed by atoms with E-state index in [1.54, 1.807) is 18.6 Å². The van der Waals surface area contributed by atoms with Crippen LogP contribution in [0.15, 0.2) is 30.7 Å². The molecule has 0 aromatic carbocycles. The van der Waals surface area contributed by atoms with Crippen molar-refractivity contribution in [2.24, 2.45) is 0 Å². The van der Waals surface area contributed by atoms with Gasteiger partial charge in [0.1, 0.15) is 9.88 Å². The molecule has 1 N–H and O–H groups in total. The SMILES string of the molecule is Cl.Cl.O=C(c1cnc(-c2ccncc2)s1)N1C2CCNCC1CC2. The van der Waals surface area contributed by atoms with Crippen LogP contribution in [0.2, 0.25) is 0 Å². The van der Waals surface area contributed by atoms with Gasteiger partial charge in [-0.1, -0.05) is 0 Å². The van der Waals surface area contributed by atoms with E-state index in [2.05, 4.69) is 20.2 Å². The van der Waals surface area contributed by atoms with Gasteiger partial charge in [0.15, 0.2) is 0 Å². The second kappa shape index (κ2) is 8.25. The van der Waals surface area contributed by atoms with Crippen molar-refractivity contribution in [3.05, 3.63) is 35.6 Å². The molecule has 2 atom stereocenters. The van der Waals surface area contributed by atoms with Crippen LogP contribution in [0.4, 0.5) is 0 Å². The lowest BCUT2D eigenvalue weighted by molar-refractivity contribution is 0.0685. The molecule has 2 saturated heterocycles. The van der Waals surface area contributed by atoms with Gasteiger partial charge in [-0.05, 0) is 37.9 Å². The van der Waals surface area contributed by atoms with Crippen LogP contribution in [-0.2, 0) is 0 Å².